The van der Waals surface area contributed by atoms with E-state index in [0.29, 0.717) is 6.54 Å². The van der Waals surface area contributed by atoms with E-state index in [1.165, 1.54) is 27.8 Å². The monoisotopic (exact) mass is 213 g/mol. The van der Waals surface area contributed by atoms with Crippen molar-refractivity contribution in [2.45, 2.75) is 33.2 Å². The Morgan fingerprint density at radius 1 is 1.25 bits per heavy atom. The minimum atomic E-state index is 0.620. The van der Waals surface area contributed by atoms with Crippen molar-refractivity contribution in [1.82, 2.24) is 0 Å². The second-order valence-corrected chi connectivity index (χ2v) is 4.46. The van der Waals surface area contributed by atoms with E-state index in [4.69, 9.17) is 5.73 Å². The van der Waals surface area contributed by atoms with Crippen LogP contribution in [0, 0.1) is 6.92 Å². The first kappa shape index (κ1) is 11.2. The molecule has 16 heavy (non-hydrogen) atoms. The standard InChI is InChI=1S/C15H19N/c1-11-5-3-4-6-14(11)15-9-13(10-16)8-7-12(15)2/h3,5,7-9H,4,6,10,16H2,1-2H3. The maximum absolute atomic E-state index is 5.70. The van der Waals surface area contributed by atoms with E-state index in [9.17, 15) is 0 Å². The minimum absolute atomic E-state index is 0.620. The van der Waals surface area contributed by atoms with Gasteiger partial charge in [-0.2, -0.15) is 0 Å². The van der Waals surface area contributed by atoms with E-state index >= 15 is 0 Å². The Morgan fingerprint density at radius 3 is 2.75 bits per heavy atom. The largest absolute Gasteiger partial charge is 0.326 e. The van der Waals surface area contributed by atoms with Gasteiger partial charge in [0.15, 0.2) is 0 Å². The Balaban J connectivity index is 2.50. The van der Waals surface area contributed by atoms with Crippen LogP contribution in [0.25, 0.3) is 5.57 Å². The summed E-state index contributed by atoms with van der Waals surface area (Å²) >= 11 is 0. The van der Waals surface area contributed by atoms with E-state index in [2.05, 4.69) is 44.2 Å². The van der Waals surface area contributed by atoms with Gasteiger partial charge in [0, 0.05) is 6.54 Å². The first-order chi connectivity index (χ1) is 7.72. The lowest BCUT2D eigenvalue weighted by atomic mass is 9.89. The van der Waals surface area contributed by atoms with Crippen molar-refractivity contribution in [3.63, 3.8) is 0 Å². The van der Waals surface area contributed by atoms with E-state index in [1.807, 2.05) is 0 Å². The zero-order valence-electron chi connectivity index (χ0n) is 10.1. The lowest BCUT2D eigenvalue weighted by Crippen LogP contribution is -2.00. The van der Waals surface area contributed by atoms with Crippen LogP contribution < -0.4 is 5.73 Å². The molecule has 0 heterocycles. The van der Waals surface area contributed by atoms with Crippen molar-refractivity contribution in [2.75, 3.05) is 0 Å². The van der Waals surface area contributed by atoms with Gasteiger partial charge in [0.1, 0.15) is 0 Å². The summed E-state index contributed by atoms with van der Waals surface area (Å²) in [5.41, 5.74) is 12.5. The van der Waals surface area contributed by atoms with Crippen molar-refractivity contribution >= 4 is 5.57 Å². The molecule has 0 aliphatic heterocycles. The fourth-order valence-electron chi connectivity index (χ4n) is 2.25. The number of benzene rings is 1. The summed E-state index contributed by atoms with van der Waals surface area (Å²) in [7, 11) is 0. The molecule has 1 aromatic carbocycles. The zero-order chi connectivity index (χ0) is 11.5. The van der Waals surface area contributed by atoms with Gasteiger partial charge in [-0.05, 0) is 60.6 Å². The van der Waals surface area contributed by atoms with Crippen LogP contribution in [0.15, 0.2) is 35.9 Å². The first-order valence-electron chi connectivity index (χ1n) is 5.88. The molecule has 1 aliphatic carbocycles. The highest BCUT2D eigenvalue weighted by Gasteiger charge is 2.10. The molecule has 0 amide bonds. The molecule has 0 aromatic heterocycles. The second kappa shape index (κ2) is 4.67. The third kappa shape index (κ3) is 2.10. The van der Waals surface area contributed by atoms with Crippen molar-refractivity contribution in [1.29, 1.82) is 0 Å². The van der Waals surface area contributed by atoms with Gasteiger partial charge >= 0.3 is 0 Å². The van der Waals surface area contributed by atoms with E-state index < -0.39 is 0 Å². The van der Waals surface area contributed by atoms with Gasteiger partial charge in [0.2, 0.25) is 0 Å². The number of rotatable bonds is 2. The lowest BCUT2D eigenvalue weighted by molar-refractivity contribution is 1.02. The topological polar surface area (TPSA) is 26.0 Å². The summed E-state index contributed by atoms with van der Waals surface area (Å²) in [6.45, 7) is 4.99. The van der Waals surface area contributed by atoms with Gasteiger partial charge in [-0.3, -0.25) is 0 Å². The molecule has 1 aliphatic rings. The maximum Gasteiger partial charge on any atom is 0.0178 e. The predicted octanol–water partition coefficient (Wildman–Crippen LogP) is 3.58. The van der Waals surface area contributed by atoms with Crippen LogP contribution in [0.4, 0.5) is 0 Å². The van der Waals surface area contributed by atoms with Crippen LogP contribution in [0.1, 0.15) is 36.5 Å². The summed E-state index contributed by atoms with van der Waals surface area (Å²) in [6.07, 6.45) is 6.78. The molecule has 0 atom stereocenters. The molecule has 0 saturated carbocycles. The van der Waals surface area contributed by atoms with Gasteiger partial charge in [-0.1, -0.05) is 24.3 Å². The Kier molecular flexibility index (Phi) is 3.25. The molecule has 0 unspecified atom stereocenters. The van der Waals surface area contributed by atoms with Gasteiger partial charge < -0.3 is 5.73 Å². The highest BCUT2D eigenvalue weighted by molar-refractivity contribution is 5.74. The second-order valence-electron chi connectivity index (χ2n) is 4.46. The molecule has 0 bridgehead atoms. The average Bonchev–Trinajstić information content (AvgIpc) is 2.31. The molecule has 1 heteroatoms. The number of hydrogen-bond donors (Lipinski definition) is 1. The van der Waals surface area contributed by atoms with Gasteiger partial charge in [-0.25, -0.2) is 0 Å². The molecule has 2 N–H and O–H groups in total. The third-order valence-electron chi connectivity index (χ3n) is 3.27. The number of aryl methyl sites for hydroxylation is 1. The normalized spacial score (nSPS) is 15.7. The Morgan fingerprint density at radius 2 is 2.06 bits per heavy atom. The SMILES string of the molecule is CC1=C(c2cc(CN)ccc2C)CCC=C1. The summed E-state index contributed by atoms with van der Waals surface area (Å²) in [4.78, 5) is 0. The fourth-order valence-corrected chi connectivity index (χ4v) is 2.25. The highest BCUT2D eigenvalue weighted by Crippen LogP contribution is 2.30. The van der Waals surface area contributed by atoms with Crippen molar-refractivity contribution < 1.29 is 0 Å². The molecular formula is C15H19N. The lowest BCUT2D eigenvalue weighted by Gasteiger charge is -2.16. The van der Waals surface area contributed by atoms with Crippen LogP contribution in [-0.2, 0) is 6.54 Å². The van der Waals surface area contributed by atoms with Crippen molar-refractivity contribution in [2.24, 2.45) is 5.73 Å². The summed E-state index contributed by atoms with van der Waals surface area (Å²) in [5.74, 6) is 0. The van der Waals surface area contributed by atoms with Crippen LogP contribution in [-0.4, -0.2) is 0 Å². The summed E-state index contributed by atoms with van der Waals surface area (Å²) < 4.78 is 0. The number of nitrogens with two attached hydrogens (primary N) is 1. The van der Waals surface area contributed by atoms with Crippen LogP contribution >= 0.6 is 0 Å². The predicted molar refractivity (Wildman–Crippen MR) is 70.0 cm³/mol. The van der Waals surface area contributed by atoms with Crippen molar-refractivity contribution in [3.05, 3.63) is 52.6 Å². The van der Waals surface area contributed by atoms with Crippen LogP contribution in [0.3, 0.4) is 0 Å². The van der Waals surface area contributed by atoms with Gasteiger partial charge in [0.05, 0.1) is 0 Å². The molecule has 0 saturated heterocycles. The average molecular weight is 213 g/mol. The molecule has 84 valence electrons. The molecule has 1 aromatic rings. The van der Waals surface area contributed by atoms with Gasteiger partial charge in [-0.15, -0.1) is 0 Å². The maximum atomic E-state index is 5.70. The molecule has 0 spiro atoms. The van der Waals surface area contributed by atoms with Crippen LogP contribution in [0.2, 0.25) is 0 Å². The molecular weight excluding hydrogens is 194 g/mol. The first-order valence-corrected chi connectivity index (χ1v) is 5.88. The number of allylic oxidation sites excluding steroid dienone is 4. The summed E-state index contributed by atoms with van der Waals surface area (Å²) in [5, 5.41) is 0. The quantitative estimate of drug-likeness (QED) is 0.798. The Labute approximate surface area is 97.7 Å². The van der Waals surface area contributed by atoms with E-state index in [0.717, 1.165) is 12.8 Å². The van der Waals surface area contributed by atoms with Gasteiger partial charge in [0.25, 0.3) is 0 Å². The molecule has 2 rings (SSSR count). The van der Waals surface area contributed by atoms with Crippen LogP contribution in [0.5, 0.6) is 0 Å². The Hall–Kier alpha value is -1.34. The third-order valence-corrected chi connectivity index (χ3v) is 3.27. The van der Waals surface area contributed by atoms with E-state index in [1.54, 1.807) is 0 Å². The van der Waals surface area contributed by atoms with Crippen molar-refractivity contribution in [3.8, 4) is 0 Å². The highest BCUT2D eigenvalue weighted by atomic mass is 14.5. The smallest absolute Gasteiger partial charge is 0.0178 e. The molecule has 0 radical (unpaired) electrons. The molecule has 0 fully saturated rings. The zero-order valence-corrected chi connectivity index (χ0v) is 10.1. The molecule has 1 nitrogen and oxygen atoms in total. The summed E-state index contributed by atoms with van der Waals surface area (Å²) in [6, 6.07) is 6.54. The van der Waals surface area contributed by atoms with E-state index in [-0.39, 0.29) is 0 Å². The Bertz CT molecular complexity index is 453. The minimum Gasteiger partial charge on any atom is -0.326 e. The fraction of sp³-hybridized carbons (Fsp3) is 0.333. The number of hydrogen-bond acceptors (Lipinski definition) is 1.